The average molecular weight is 878 g/mol. The van der Waals surface area contributed by atoms with Gasteiger partial charge in [0.2, 0.25) is 11.8 Å². The number of aromatic nitrogens is 2. The Balaban J connectivity index is 1.33. The molecule has 2 aromatic heterocycles. The highest BCUT2D eigenvalue weighted by molar-refractivity contribution is 5.96. The Labute approximate surface area is 377 Å². The Morgan fingerprint density at radius 2 is 1.83 bits per heavy atom. The van der Waals surface area contributed by atoms with E-state index in [0.717, 1.165) is 63.8 Å². The molecule has 3 amide bonds. The lowest BCUT2D eigenvalue weighted by Gasteiger charge is -2.38. The van der Waals surface area contributed by atoms with E-state index in [2.05, 4.69) is 54.3 Å². The molecule has 0 radical (unpaired) electrons. The number of hydrogen-bond acceptors (Lipinski definition) is 10. The van der Waals surface area contributed by atoms with Crippen LogP contribution in [0.2, 0.25) is 0 Å². The van der Waals surface area contributed by atoms with Crippen LogP contribution in [-0.2, 0) is 48.0 Å². The van der Waals surface area contributed by atoms with Gasteiger partial charge in [0.15, 0.2) is 0 Å². The second-order valence-corrected chi connectivity index (χ2v) is 19.2. The molecule has 64 heavy (non-hydrogen) atoms. The number of esters is 1. The average Bonchev–Trinajstić information content (AvgIpc) is 3.58. The van der Waals surface area contributed by atoms with Crippen molar-refractivity contribution in [1.82, 2.24) is 30.2 Å². The van der Waals surface area contributed by atoms with E-state index in [-0.39, 0.29) is 48.7 Å². The number of fused-ring (bicyclic) bond motifs is 6. The highest BCUT2D eigenvalue weighted by atomic mass is 16.5. The van der Waals surface area contributed by atoms with Crippen LogP contribution >= 0.6 is 0 Å². The quantitative estimate of drug-likeness (QED) is 0.137. The summed E-state index contributed by atoms with van der Waals surface area (Å²) in [5.74, 6) is -2.23. The second-order valence-electron chi connectivity index (χ2n) is 19.2. The first-order valence-electron chi connectivity index (χ1n) is 23.0. The third kappa shape index (κ3) is 9.69. The number of phenolic OH excluding ortho intramolecular Hbond substituents is 1. The highest BCUT2D eigenvalue weighted by Crippen LogP contribution is 2.42. The molecule has 2 aromatic carbocycles. The molecule has 14 heteroatoms. The van der Waals surface area contributed by atoms with Gasteiger partial charge in [-0.2, -0.15) is 0 Å². The van der Waals surface area contributed by atoms with Gasteiger partial charge in [0.25, 0.3) is 5.91 Å². The zero-order valence-electron chi connectivity index (χ0n) is 38.8. The van der Waals surface area contributed by atoms with Gasteiger partial charge in [-0.25, -0.2) is 5.43 Å². The van der Waals surface area contributed by atoms with E-state index in [1.165, 1.54) is 9.91 Å². The Morgan fingerprint density at radius 1 is 1.06 bits per heavy atom. The maximum atomic E-state index is 14.7. The number of nitrogens with zero attached hydrogens (tertiary/aromatic N) is 4. The number of methoxy groups -OCH3 is 1. The van der Waals surface area contributed by atoms with Gasteiger partial charge in [-0.1, -0.05) is 52.7 Å². The lowest BCUT2D eigenvalue weighted by molar-refractivity contribution is -0.155. The van der Waals surface area contributed by atoms with Crippen molar-refractivity contribution in [1.29, 1.82) is 0 Å². The molecule has 1 saturated heterocycles. The first kappa shape index (κ1) is 46.7. The van der Waals surface area contributed by atoms with Crippen LogP contribution in [0, 0.1) is 17.3 Å². The van der Waals surface area contributed by atoms with Crippen molar-refractivity contribution < 1.29 is 33.8 Å². The van der Waals surface area contributed by atoms with Crippen molar-refractivity contribution in [2.45, 2.75) is 130 Å². The number of pyridine rings is 1. The van der Waals surface area contributed by atoms with Crippen molar-refractivity contribution in [3.8, 4) is 28.1 Å². The predicted octanol–water partition coefficient (Wildman–Crippen LogP) is 6.45. The normalized spacial score (nSPS) is 22.7. The molecule has 1 aliphatic carbocycles. The standard InChI is InChI=1S/C50H67N7O7/c1-9-56-42-19-18-32-26-37(42)38(45(56)36-15-12-20-52-43(36)30(4)63-8)27-50(5,6)28-64-49(62)40-17-13-21-57(54-40)48(61)41(24-31-22-33(32)25-34(58)23-31)53-46(59)44(29(2)3)55(7)47(60)35-14-10-11-16-39(35)51/h12,15,18-20,22-23,25-26,29-30,35,39-41,44,54,58H,9-11,13-14,16-17,21,24,27-28,51H2,1-8H3,(H,53,59)/t30-,35+,39-,40-,41-,44-/m0/s1. The number of phenols is 1. The number of benzene rings is 2. The Bertz CT molecular complexity index is 2380. The lowest BCUT2D eigenvalue weighted by Crippen LogP contribution is -2.62. The van der Waals surface area contributed by atoms with Crippen LogP contribution in [0.5, 0.6) is 5.75 Å². The fraction of sp³-hybridized carbons (Fsp3) is 0.540. The molecule has 1 saturated carbocycles. The van der Waals surface area contributed by atoms with Gasteiger partial charge in [-0.15, -0.1) is 0 Å². The molecule has 4 aromatic rings. The van der Waals surface area contributed by atoms with E-state index in [4.69, 9.17) is 20.2 Å². The monoisotopic (exact) mass is 878 g/mol. The molecule has 0 unspecified atom stereocenters. The first-order chi connectivity index (χ1) is 30.5. The van der Waals surface area contributed by atoms with Crippen LogP contribution in [0.15, 0.2) is 54.7 Å². The largest absolute Gasteiger partial charge is 0.508 e. The number of ether oxygens (including phenoxy) is 2. The summed E-state index contributed by atoms with van der Waals surface area (Å²) >= 11 is 0. The summed E-state index contributed by atoms with van der Waals surface area (Å²) in [5, 5.41) is 16.8. The summed E-state index contributed by atoms with van der Waals surface area (Å²) in [7, 11) is 3.32. The van der Waals surface area contributed by atoms with E-state index in [0.29, 0.717) is 44.3 Å². The first-order valence-corrected chi connectivity index (χ1v) is 23.0. The highest BCUT2D eigenvalue weighted by Gasteiger charge is 2.40. The van der Waals surface area contributed by atoms with Crippen LogP contribution in [-0.4, -0.2) is 99.7 Å². The zero-order chi connectivity index (χ0) is 46.0. The number of carbonyl (C=O) groups excluding carboxylic acids is 4. The summed E-state index contributed by atoms with van der Waals surface area (Å²) in [6.45, 7) is 13.1. The number of aromatic hydroxyl groups is 1. The number of rotatable bonds is 9. The summed E-state index contributed by atoms with van der Waals surface area (Å²) in [6, 6.07) is 12.5. The number of amides is 3. The molecule has 6 atom stereocenters. The van der Waals surface area contributed by atoms with Crippen molar-refractivity contribution in [2.75, 3.05) is 27.3 Å². The fourth-order valence-corrected chi connectivity index (χ4v) is 10.1. The van der Waals surface area contributed by atoms with Crippen molar-refractivity contribution in [2.24, 2.45) is 23.0 Å². The summed E-state index contributed by atoms with van der Waals surface area (Å²) in [5.41, 5.74) is 16.1. The molecule has 2 aliphatic heterocycles. The summed E-state index contributed by atoms with van der Waals surface area (Å²) in [4.78, 5) is 63.3. The number of aryl methyl sites for hydroxylation is 1. The molecule has 3 aliphatic rings. The molecule has 6 bridgehead atoms. The van der Waals surface area contributed by atoms with Gasteiger partial charge < -0.3 is 35.1 Å². The molecular formula is C50H67N7O7. The molecular weight excluding hydrogens is 811 g/mol. The predicted molar refractivity (Wildman–Crippen MR) is 247 cm³/mol. The number of hydrogen-bond donors (Lipinski definition) is 4. The number of likely N-dealkylation sites (N-methyl/N-ethyl adjacent to an activating group) is 1. The van der Waals surface area contributed by atoms with E-state index in [9.17, 15) is 24.3 Å². The third-order valence-electron chi connectivity index (χ3n) is 13.5. The SMILES string of the molecule is CCn1c(-c2cccnc2[C@H](C)OC)c2c3cc(ccc31)-c1cc(O)cc(c1)C[C@H](NC(=O)[C@H](C(C)C)N(C)C(=O)[C@@H]1CCCC[C@@H]1N)C(=O)N1CCC[C@H](N1)C(=O)OCC(C)(C)C2. The van der Waals surface area contributed by atoms with Gasteiger partial charge in [-0.3, -0.25) is 29.2 Å². The molecule has 4 heterocycles. The Morgan fingerprint density at radius 3 is 2.55 bits per heavy atom. The van der Waals surface area contributed by atoms with Crippen molar-refractivity contribution in [3.63, 3.8) is 0 Å². The number of nitrogens with two attached hydrogens (primary N) is 1. The second kappa shape index (κ2) is 19.4. The number of hydrazine groups is 1. The molecule has 14 nitrogen and oxygen atoms in total. The fourth-order valence-electron chi connectivity index (χ4n) is 10.1. The molecule has 0 spiro atoms. The molecule has 2 fully saturated rings. The van der Waals surface area contributed by atoms with Gasteiger partial charge >= 0.3 is 5.97 Å². The number of nitrogens with one attached hydrogen (secondary N) is 2. The summed E-state index contributed by atoms with van der Waals surface area (Å²) < 4.78 is 14.2. The minimum absolute atomic E-state index is 0.00868. The summed E-state index contributed by atoms with van der Waals surface area (Å²) in [6.07, 6.45) is 6.35. The minimum Gasteiger partial charge on any atom is -0.508 e. The van der Waals surface area contributed by atoms with Gasteiger partial charge in [-0.05, 0) is 111 Å². The van der Waals surface area contributed by atoms with E-state index >= 15 is 0 Å². The Kier molecular flexibility index (Phi) is 14.2. The molecule has 5 N–H and O–H groups in total. The smallest absolute Gasteiger partial charge is 0.324 e. The minimum atomic E-state index is -1.12. The zero-order valence-corrected chi connectivity index (χ0v) is 38.8. The lowest BCUT2D eigenvalue weighted by atomic mass is 9.83. The molecule has 7 rings (SSSR count). The van der Waals surface area contributed by atoms with Gasteiger partial charge in [0, 0.05) is 67.8 Å². The van der Waals surface area contributed by atoms with E-state index < -0.39 is 41.3 Å². The van der Waals surface area contributed by atoms with Crippen LogP contribution in [0.25, 0.3) is 33.3 Å². The Hall–Kier alpha value is -5.31. The molecule has 344 valence electrons. The van der Waals surface area contributed by atoms with Crippen LogP contribution in [0.1, 0.15) is 103 Å². The van der Waals surface area contributed by atoms with E-state index in [1.54, 1.807) is 32.5 Å². The van der Waals surface area contributed by atoms with Crippen molar-refractivity contribution in [3.05, 3.63) is 71.5 Å². The number of carbonyl (C=O) groups is 4. The van der Waals surface area contributed by atoms with E-state index in [1.807, 2.05) is 39.0 Å². The van der Waals surface area contributed by atoms with Crippen molar-refractivity contribution >= 4 is 34.6 Å². The van der Waals surface area contributed by atoms with Crippen LogP contribution in [0.3, 0.4) is 0 Å². The maximum Gasteiger partial charge on any atom is 0.324 e. The topological polar surface area (TPSA) is 181 Å². The number of cyclic esters (lactones) is 1. The van der Waals surface area contributed by atoms with Gasteiger partial charge in [0.1, 0.15) is 23.9 Å². The van der Waals surface area contributed by atoms with Gasteiger partial charge in [0.05, 0.1) is 30.0 Å². The van der Waals surface area contributed by atoms with Crippen LogP contribution < -0.4 is 16.5 Å². The maximum absolute atomic E-state index is 14.7. The third-order valence-corrected chi connectivity index (χ3v) is 13.5. The van der Waals surface area contributed by atoms with Crippen LogP contribution in [0.4, 0.5) is 0 Å².